The minimum Gasteiger partial charge on any atom is -0.445 e. The molecular weight excluding hydrogens is 300 g/mol. The molecule has 1 fully saturated rings. The van der Waals surface area contributed by atoms with E-state index >= 15 is 0 Å². The number of rotatable bonds is 5. The molecule has 1 saturated carbocycles. The van der Waals surface area contributed by atoms with Gasteiger partial charge in [-0.05, 0) is 43.4 Å². The SMILES string of the molecule is O=C(NC1CCC(Nc2ccccc2)CC1)OCc1ccccc1. The highest BCUT2D eigenvalue weighted by atomic mass is 16.5. The van der Waals surface area contributed by atoms with Crippen LogP contribution in [0.3, 0.4) is 0 Å². The van der Waals surface area contributed by atoms with Gasteiger partial charge in [0.1, 0.15) is 6.61 Å². The Bertz CT molecular complexity index is 623. The quantitative estimate of drug-likeness (QED) is 0.860. The zero-order valence-corrected chi connectivity index (χ0v) is 13.8. The smallest absolute Gasteiger partial charge is 0.407 e. The number of hydrogen-bond acceptors (Lipinski definition) is 3. The van der Waals surface area contributed by atoms with E-state index in [4.69, 9.17) is 4.74 Å². The van der Waals surface area contributed by atoms with Crippen molar-refractivity contribution < 1.29 is 9.53 Å². The standard InChI is InChI=1S/C20H24N2O2/c23-20(24-15-16-7-3-1-4-8-16)22-19-13-11-18(12-14-19)21-17-9-5-2-6-10-17/h1-10,18-19,21H,11-15H2,(H,22,23). The number of hydrogen-bond donors (Lipinski definition) is 2. The first kappa shape index (κ1) is 16.4. The van der Waals surface area contributed by atoms with Crippen molar-refractivity contribution in [2.75, 3.05) is 5.32 Å². The molecule has 0 spiro atoms. The second-order valence-electron chi connectivity index (χ2n) is 6.26. The molecule has 0 aromatic heterocycles. The molecule has 1 aliphatic rings. The first-order chi connectivity index (χ1) is 11.8. The van der Waals surface area contributed by atoms with Gasteiger partial charge in [-0.25, -0.2) is 4.79 Å². The second-order valence-corrected chi connectivity index (χ2v) is 6.26. The molecular formula is C20H24N2O2. The number of carbonyl (C=O) groups is 1. The molecule has 1 aliphatic carbocycles. The van der Waals surface area contributed by atoms with Crippen molar-refractivity contribution in [2.45, 2.75) is 44.4 Å². The van der Waals surface area contributed by atoms with Crippen molar-refractivity contribution in [2.24, 2.45) is 0 Å². The lowest BCUT2D eigenvalue weighted by atomic mass is 9.91. The van der Waals surface area contributed by atoms with Crippen LogP contribution in [0, 0.1) is 0 Å². The molecule has 0 saturated heterocycles. The molecule has 0 unspecified atom stereocenters. The molecule has 0 heterocycles. The van der Waals surface area contributed by atoms with Crippen molar-refractivity contribution in [1.29, 1.82) is 0 Å². The predicted molar refractivity (Wildman–Crippen MR) is 95.9 cm³/mol. The van der Waals surface area contributed by atoms with Gasteiger partial charge in [0.2, 0.25) is 0 Å². The number of alkyl carbamates (subject to hydrolysis) is 1. The molecule has 4 heteroatoms. The maximum Gasteiger partial charge on any atom is 0.407 e. The summed E-state index contributed by atoms with van der Waals surface area (Å²) in [6.45, 7) is 0.317. The van der Waals surface area contributed by atoms with E-state index in [-0.39, 0.29) is 12.1 Å². The molecule has 1 amide bonds. The van der Waals surface area contributed by atoms with Gasteiger partial charge in [0.15, 0.2) is 0 Å². The molecule has 2 N–H and O–H groups in total. The number of nitrogens with one attached hydrogen (secondary N) is 2. The molecule has 0 aliphatic heterocycles. The average molecular weight is 324 g/mol. The highest BCUT2D eigenvalue weighted by molar-refractivity contribution is 5.67. The normalized spacial score (nSPS) is 20.2. The minimum atomic E-state index is -0.321. The summed E-state index contributed by atoms with van der Waals surface area (Å²) in [5.74, 6) is 0. The van der Waals surface area contributed by atoms with Gasteiger partial charge in [-0.1, -0.05) is 48.5 Å². The van der Waals surface area contributed by atoms with E-state index in [1.165, 1.54) is 0 Å². The Morgan fingerprint density at radius 1 is 0.875 bits per heavy atom. The fraction of sp³-hybridized carbons (Fsp3) is 0.350. The largest absolute Gasteiger partial charge is 0.445 e. The number of benzene rings is 2. The van der Waals surface area contributed by atoms with Crippen molar-refractivity contribution in [3.63, 3.8) is 0 Å². The summed E-state index contributed by atoms with van der Waals surface area (Å²) in [6.07, 6.45) is 3.74. The second kappa shape index (κ2) is 8.39. The Hall–Kier alpha value is -2.49. The summed E-state index contributed by atoms with van der Waals surface area (Å²) in [7, 11) is 0. The number of amides is 1. The summed E-state index contributed by atoms with van der Waals surface area (Å²) in [4.78, 5) is 11.9. The Kier molecular flexibility index (Phi) is 5.72. The molecule has 0 radical (unpaired) electrons. The molecule has 126 valence electrons. The van der Waals surface area contributed by atoms with E-state index < -0.39 is 0 Å². The topological polar surface area (TPSA) is 50.4 Å². The first-order valence-electron chi connectivity index (χ1n) is 8.58. The summed E-state index contributed by atoms with van der Waals surface area (Å²) < 4.78 is 5.29. The third kappa shape index (κ3) is 5.01. The summed E-state index contributed by atoms with van der Waals surface area (Å²) in [5.41, 5.74) is 2.17. The van der Waals surface area contributed by atoms with Crippen LogP contribution < -0.4 is 10.6 Å². The van der Waals surface area contributed by atoms with Gasteiger partial charge >= 0.3 is 6.09 Å². The van der Waals surface area contributed by atoms with Gasteiger partial charge in [0.25, 0.3) is 0 Å². The zero-order chi connectivity index (χ0) is 16.6. The lowest BCUT2D eigenvalue weighted by Gasteiger charge is -2.30. The zero-order valence-electron chi connectivity index (χ0n) is 13.8. The lowest BCUT2D eigenvalue weighted by Crippen LogP contribution is -2.40. The summed E-state index contributed by atoms with van der Waals surface area (Å²) in [6, 6.07) is 20.7. The van der Waals surface area contributed by atoms with Crippen LogP contribution in [0.4, 0.5) is 10.5 Å². The molecule has 0 atom stereocenters. The Balaban J connectivity index is 1.36. The van der Waals surface area contributed by atoms with Gasteiger partial charge in [-0.3, -0.25) is 0 Å². The average Bonchev–Trinajstić information content (AvgIpc) is 2.63. The number of carbonyl (C=O) groups excluding carboxylic acids is 1. The molecule has 2 aromatic carbocycles. The number of ether oxygens (including phenoxy) is 1. The van der Waals surface area contributed by atoms with E-state index in [0.717, 1.165) is 36.9 Å². The number of anilines is 1. The molecule has 4 nitrogen and oxygen atoms in total. The first-order valence-corrected chi connectivity index (χ1v) is 8.58. The third-order valence-electron chi connectivity index (χ3n) is 4.41. The van der Waals surface area contributed by atoms with Crippen molar-refractivity contribution in [1.82, 2.24) is 5.32 Å². The fourth-order valence-corrected chi connectivity index (χ4v) is 3.08. The Morgan fingerprint density at radius 2 is 1.46 bits per heavy atom. The summed E-state index contributed by atoms with van der Waals surface area (Å²) in [5, 5.41) is 6.54. The maximum atomic E-state index is 11.9. The molecule has 24 heavy (non-hydrogen) atoms. The molecule has 3 rings (SSSR count). The van der Waals surface area contributed by atoms with Gasteiger partial charge in [-0.2, -0.15) is 0 Å². The predicted octanol–water partition coefficient (Wildman–Crippen LogP) is 4.34. The van der Waals surface area contributed by atoms with Gasteiger partial charge < -0.3 is 15.4 Å². The fourth-order valence-electron chi connectivity index (χ4n) is 3.08. The van der Waals surface area contributed by atoms with E-state index in [2.05, 4.69) is 22.8 Å². The maximum absolute atomic E-state index is 11.9. The van der Waals surface area contributed by atoms with Crippen molar-refractivity contribution >= 4 is 11.8 Å². The van der Waals surface area contributed by atoms with Crippen LogP contribution in [0.25, 0.3) is 0 Å². The van der Waals surface area contributed by atoms with Gasteiger partial charge in [0.05, 0.1) is 0 Å². The monoisotopic (exact) mass is 324 g/mol. The van der Waals surface area contributed by atoms with Crippen LogP contribution in [0.15, 0.2) is 60.7 Å². The van der Waals surface area contributed by atoms with Crippen LogP contribution in [0.5, 0.6) is 0 Å². The highest BCUT2D eigenvalue weighted by Gasteiger charge is 2.22. The van der Waals surface area contributed by atoms with Crippen LogP contribution in [0.2, 0.25) is 0 Å². The van der Waals surface area contributed by atoms with Crippen molar-refractivity contribution in [3.8, 4) is 0 Å². The van der Waals surface area contributed by atoms with E-state index in [1.54, 1.807) is 0 Å². The third-order valence-corrected chi connectivity index (χ3v) is 4.41. The lowest BCUT2D eigenvalue weighted by molar-refractivity contribution is 0.132. The van der Waals surface area contributed by atoms with Crippen LogP contribution in [-0.4, -0.2) is 18.2 Å². The van der Waals surface area contributed by atoms with Gasteiger partial charge in [-0.15, -0.1) is 0 Å². The Labute approximate surface area is 143 Å². The van der Waals surface area contributed by atoms with Crippen LogP contribution in [-0.2, 0) is 11.3 Å². The highest BCUT2D eigenvalue weighted by Crippen LogP contribution is 2.22. The van der Waals surface area contributed by atoms with Crippen LogP contribution >= 0.6 is 0 Å². The van der Waals surface area contributed by atoms with Crippen molar-refractivity contribution in [3.05, 3.63) is 66.2 Å². The molecule has 0 bridgehead atoms. The van der Waals surface area contributed by atoms with E-state index in [0.29, 0.717) is 12.6 Å². The summed E-state index contributed by atoms with van der Waals surface area (Å²) >= 11 is 0. The molecule has 2 aromatic rings. The van der Waals surface area contributed by atoms with E-state index in [9.17, 15) is 4.79 Å². The number of para-hydroxylation sites is 1. The Morgan fingerprint density at radius 3 is 2.12 bits per heavy atom. The minimum absolute atomic E-state index is 0.210. The van der Waals surface area contributed by atoms with Gasteiger partial charge in [0, 0.05) is 17.8 Å². The van der Waals surface area contributed by atoms with Crippen LogP contribution in [0.1, 0.15) is 31.2 Å². The van der Waals surface area contributed by atoms with E-state index in [1.807, 2.05) is 48.5 Å².